The SMILES string of the molecule is COc1ccccc1C1(CCNC(=O)OC(C)(C)C)CCN1. The number of rotatable bonds is 5. The molecule has 122 valence electrons. The fourth-order valence-electron chi connectivity index (χ4n) is 2.74. The molecule has 1 aliphatic rings. The van der Waals surface area contributed by atoms with E-state index >= 15 is 0 Å². The predicted molar refractivity (Wildman–Crippen MR) is 86.1 cm³/mol. The lowest BCUT2D eigenvalue weighted by Crippen LogP contribution is -2.55. The quantitative estimate of drug-likeness (QED) is 0.878. The molecule has 22 heavy (non-hydrogen) atoms. The molecule has 1 aromatic carbocycles. The van der Waals surface area contributed by atoms with Crippen molar-refractivity contribution in [1.82, 2.24) is 10.6 Å². The Labute approximate surface area is 132 Å². The third-order valence-corrected chi connectivity index (χ3v) is 3.86. The zero-order chi connectivity index (χ0) is 16.2. The molecule has 1 heterocycles. The maximum Gasteiger partial charge on any atom is 0.407 e. The van der Waals surface area contributed by atoms with Gasteiger partial charge >= 0.3 is 6.09 Å². The first kappa shape index (κ1) is 16.6. The van der Waals surface area contributed by atoms with Crippen LogP contribution in [0.2, 0.25) is 0 Å². The molecule has 0 saturated carbocycles. The van der Waals surface area contributed by atoms with Crippen molar-refractivity contribution in [3.05, 3.63) is 29.8 Å². The number of methoxy groups -OCH3 is 1. The maximum atomic E-state index is 11.7. The van der Waals surface area contributed by atoms with Gasteiger partial charge in [0, 0.05) is 12.1 Å². The largest absolute Gasteiger partial charge is 0.496 e. The zero-order valence-corrected chi connectivity index (χ0v) is 13.9. The summed E-state index contributed by atoms with van der Waals surface area (Å²) >= 11 is 0. The lowest BCUT2D eigenvalue weighted by Gasteiger charge is -2.44. The van der Waals surface area contributed by atoms with Crippen molar-refractivity contribution in [1.29, 1.82) is 0 Å². The van der Waals surface area contributed by atoms with E-state index < -0.39 is 5.60 Å². The van der Waals surface area contributed by atoms with E-state index in [1.54, 1.807) is 7.11 Å². The summed E-state index contributed by atoms with van der Waals surface area (Å²) < 4.78 is 10.7. The van der Waals surface area contributed by atoms with Gasteiger partial charge in [-0.05, 0) is 46.2 Å². The minimum atomic E-state index is -0.473. The van der Waals surface area contributed by atoms with Crippen LogP contribution in [0, 0.1) is 0 Å². The Bertz CT molecular complexity index is 519. The van der Waals surface area contributed by atoms with Crippen LogP contribution in [0.3, 0.4) is 0 Å². The molecule has 5 nitrogen and oxygen atoms in total. The Hall–Kier alpha value is -1.75. The molecule has 2 rings (SSSR count). The molecule has 1 aromatic rings. The Kier molecular flexibility index (Phi) is 4.96. The van der Waals surface area contributed by atoms with Crippen LogP contribution in [0.1, 0.15) is 39.2 Å². The fourth-order valence-corrected chi connectivity index (χ4v) is 2.74. The van der Waals surface area contributed by atoms with Crippen LogP contribution in [0.4, 0.5) is 4.79 Å². The number of hydrogen-bond donors (Lipinski definition) is 2. The molecule has 0 aromatic heterocycles. The van der Waals surface area contributed by atoms with Crippen molar-refractivity contribution in [2.75, 3.05) is 20.2 Å². The van der Waals surface area contributed by atoms with Crippen LogP contribution in [0.15, 0.2) is 24.3 Å². The van der Waals surface area contributed by atoms with Crippen molar-refractivity contribution in [3.8, 4) is 5.75 Å². The van der Waals surface area contributed by atoms with Gasteiger partial charge in [0.05, 0.1) is 12.6 Å². The minimum Gasteiger partial charge on any atom is -0.496 e. The van der Waals surface area contributed by atoms with Crippen molar-refractivity contribution in [2.24, 2.45) is 0 Å². The summed E-state index contributed by atoms with van der Waals surface area (Å²) in [7, 11) is 1.68. The number of nitrogens with one attached hydrogen (secondary N) is 2. The summed E-state index contributed by atoms with van der Waals surface area (Å²) in [6, 6.07) is 8.03. The highest BCUT2D eigenvalue weighted by molar-refractivity contribution is 5.67. The maximum absolute atomic E-state index is 11.7. The predicted octanol–water partition coefficient (Wildman–Crippen LogP) is 2.80. The molecule has 0 radical (unpaired) electrons. The normalized spacial score (nSPS) is 20.9. The van der Waals surface area contributed by atoms with Gasteiger partial charge in [0.25, 0.3) is 0 Å². The van der Waals surface area contributed by atoms with Gasteiger partial charge in [0.2, 0.25) is 0 Å². The molecule has 0 bridgehead atoms. The molecule has 1 fully saturated rings. The summed E-state index contributed by atoms with van der Waals surface area (Å²) in [4.78, 5) is 11.7. The van der Waals surface area contributed by atoms with E-state index in [1.165, 1.54) is 0 Å². The Morgan fingerprint density at radius 2 is 2.05 bits per heavy atom. The Morgan fingerprint density at radius 3 is 2.59 bits per heavy atom. The standard InChI is InChI=1S/C17H26N2O3/c1-16(2,3)22-15(20)18-11-9-17(10-12-19-17)13-7-5-6-8-14(13)21-4/h5-8,19H,9-12H2,1-4H3,(H,18,20). The smallest absolute Gasteiger partial charge is 0.407 e. The summed E-state index contributed by atoms with van der Waals surface area (Å²) in [6.07, 6.45) is 1.46. The highest BCUT2D eigenvalue weighted by Gasteiger charge is 2.39. The van der Waals surface area contributed by atoms with Crippen LogP contribution >= 0.6 is 0 Å². The second-order valence-corrected chi connectivity index (χ2v) is 6.64. The van der Waals surface area contributed by atoms with Crippen molar-refractivity contribution in [2.45, 2.75) is 44.8 Å². The van der Waals surface area contributed by atoms with E-state index in [1.807, 2.05) is 39.0 Å². The number of hydrogen-bond acceptors (Lipinski definition) is 4. The molecule has 1 unspecified atom stereocenters. The number of benzene rings is 1. The van der Waals surface area contributed by atoms with Crippen LogP contribution in [0.25, 0.3) is 0 Å². The minimum absolute atomic E-state index is 0.123. The molecule has 0 aliphatic carbocycles. The van der Waals surface area contributed by atoms with E-state index in [0.29, 0.717) is 6.54 Å². The van der Waals surface area contributed by atoms with Crippen LogP contribution in [-0.4, -0.2) is 31.9 Å². The summed E-state index contributed by atoms with van der Waals surface area (Å²) in [5, 5.41) is 6.33. The fraction of sp³-hybridized carbons (Fsp3) is 0.588. The van der Waals surface area contributed by atoms with Gasteiger partial charge in [-0.2, -0.15) is 0 Å². The van der Waals surface area contributed by atoms with Gasteiger partial charge in [-0.3, -0.25) is 0 Å². The number of alkyl carbamates (subject to hydrolysis) is 1. The van der Waals surface area contributed by atoms with Gasteiger partial charge in [-0.15, -0.1) is 0 Å². The van der Waals surface area contributed by atoms with E-state index in [2.05, 4.69) is 16.7 Å². The van der Waals surface area contributed by atoms with E-state index in [-0.39, 0.29) is 11.6 Å². The van der Waals surface area contributed by atoms with E-state index in [0.717, 1.165) is 30.7 Å². The first-order valence-corrected chi connectivity index (χ1v) is 7.72. The van der Waals surface area contributed by atoms with E-state index in [9.17, 15) is 4.79 Å². The van der Waals surface area contributed by atoms with Crippen molar-refractivity contribution >= 4 is 6.09 Å². The lowest BCUT2D eigenvalue weighted by molar-refractivity contribution is 0.0517. The Balaban J connectivity index is 1.96. The molecule has 0 spiro atoms. The molecule has 2 N–H and O–H groups in total. The number of carbonyl (C=O) groups is 1. The molecule has 1 saturated heterocycles. The third kappa shape index (κ3) is 3.91. The third-order valence-electron chi connectivity index (χ3n) is 3.86. The average molecular weight is 306 g/mol. The lowest BCUT2D eigenvalue weighted by atomic mass is 9.77. The first-order chi connectivity index (χ1) is 10.4. The van der Waals surface area contributed by atoms with Gasteiger partial charge in [-0.1, -0.05) is 18.2 Å². The van der Waals surface area contributed by atoms with Gasteiger partial charge in [0.1, 0.15) is 11.4 Å². The van der Waals surface area contributed by atoms with Gasteiger partial charge in [-0.25, -0.2) is 4.79 Å². The molecule has 5 heteroatoms. The Morgan fingerprint density at radius 1 is 1.36 bits per heavy atom. The number of para-hydroxylation sites is 1. The summed E-state index contributed by atoms with van der Waals surface area (Å²) in [5.41, 5.74) is 0.551. The highest BCUT2D eigenvalue weighted by Crippen LogP contribution is 2.39. The van der Waals surface area contributed by atoms with Crippen LogP contribution in [0.5, 0.6) is 5.75 Å². The van der Waals surface area contributed by atoms with E-state index in [4.69, 9.17) is 9.47 Å². The van der Waals surface area contributed by atoms with Crippen molar-refractivity contribution < 1.29 is 14.3 Å². The van der Waals surface area contributed by atoms with Crippen LogP contribution in [-0.2, 0) is 10.3 Å². The highest BCUT2D eigenvalue weighted by atomic mass is 16.6. The molecular formula is C17H26N2O3. The average Bonchev–Trinajstić information content (AvgIpc) is 2.40. The monoisotopic (exact) mass is 306 g/mol. The molecular weight excluding hydrogens is 280 g/mol. The molecule has 1 amide bonds. The summed E-state index contributed by atoms with van der Waals surface area (Å²) in [5.74, 6) is 0.881. The van der Waals surface area contributed by atoms with Gasteiger partial charge in [0.15, 0.2) is 0 Å². The second kappa shape index (κ2) is 6.57. The second-order valence-electron chi connectivity index (χ2n) is 6.64. The number of amides is 1. The molecule has 1 atom stereocenters. The zero-order valence-electron chi connectivity index (χ0n) is 13.9. The van der Waals surface area contributed by atoms with Gasteiger partial charge < -0.3 is 20.1 Å². The van der Waals surface area contributed by atoms with Crippen molar-refractivity contribution in [3.63, 3.8) is 0 Å². The topological polar surface area (TPSA) is 59.6 Å². The summed E-state index contributed by atoms with van der Waals surface area (Å²) in [6.45, 7) is 7.10. The first-order valence-electron chi connectivity index (χ1n) is 7.72. The molecule has 1 aliphatic heterocycles. The number of carbonyl (C=O) groups excluding carboxylic acids is 1. The number of ether oxygens (including phenoxy) is 2. The van der Waals surface area contributed by atoms with Crippen LogP contribution < -0.4 is 15.4 Å².